The van der Waals surface area contributed by atoms with Gasteiger partial charge in [0.1, 0.15) is 0 Å². The van der Waals surface area contributed by atoms with Gasteiger partial charge in [-0.2, -0.15) is 0 Å². The number of pyridine rings is 1. The van der Waals surface area contributed by atoms with Crippen molar-refractivity contribution in [1.29, 1.82) is 0 Å². The zero-order valence-corrected chi connectivity index (χ0v) is 16.4. The largest absolute Gasteiger partial charge is 0.326 e. The van der Waals surface area contributed by atoms with E-state index in [0.29, 0.717) is 17.7 Å². The first-order valence-corrected chi connectivity index (χ1v) is 9.75. The third-order valence-corrected chi connectivity index (χ3v) is 5.33. The van der Waals surface area contributed by atoms with E-state index < -0.39 is 5.92 Å². The van der Waals surface area contributed by atoms with Crippen LogP contribution in [-0.4, -0.2) is 23.3 Å². The number of hydrogen-bond donors (Lipinski definition) is 2. The maximum absolute atomic E-state index is 12.8. The van der Waals surface area contributed by atoms with Gasteiger partial charge >= 0.3 is 0 Å². The molecule has 1 saturated heterocycles. The van der Waals surface area contributed by atoms with E-state index in [1.807, 2.05) is 56.3 Å². The highest BCUT2D eigenvalue weighted by molar-refractivity contribution is 6.04. The van der Waals surface area contributed by atoms with E-state index in [4.69, 9.17) is 0 Å². The maximum Gasteiger partial charge on any atom is 0.248 e. The first-order valence-electron chi connectivity index (χ1n) is 9.75. The van der Waals surface area contributed by atoms with Crippen molar-refractivity contribution in [3.63, 3.8) is 0 Å². The molecule has 2 N–H and O–H groups in total. The molecule has 148 valence electrons. The van der Waals surface area contributed by atoms with Crippen LogP contribution in [0.5, 0.6) is 0 Å². The molecule has 2 heterocycles. The van der Waals surface area contributed by atoms with E-state index in [9.17, 15) is 14.4 Å². The van der Waals surface area contributed by atoms with Crippen LogP contribution >= 0.6 is 0 Å². The summed E-state index contributed by atoms with van der Waals surface area (Å²) in [4.78, 5) is 41.6. The molecule has 0 aliphatic carbocycles. The van der Waals surface area contributed by atoms with Gasteiger partial charge in [0.25, 0.3) is 0 Å². The van der Waals surface area contributed by atoms with E-state index in [1.54, 1.807) is 17.0 Å². The number of H-pyrrole nitrogens is 1. The minimum Gasteiger partial charge on any atom is -0.326 e. The van der Waals surface area contributed by atoms with Gasteiger partial charge in [-0.1, -0.05) is 38.1 Å². The SMILES string of the molecule is CC(C)c1cc(=O)[nH]c2cc(NC(=O)C3CC(=O)N(c4ccccc4)C3)ccc12. The molecule has 2 aromatic carbocycles. The van der Waals surface area contributed by atoms with Gasteiger partial charge in [0.15, 0.2) is 0 Å². The monoisotopic (exact) mass is 389 g/mol. The number of carbonyl (C=O) groups is 2. The number of aromatic amines is 1. The minimum absolute atomic E-state index is 0.0548. The number of carbonyl (C=O) groups excluding carboxylic acids is 2. The lowest BCUT2D eigenvalue weighted by Gasteiger charge is -2.16. The molecule has 1 atom stereocenters. The molecule has 1 fully saturated rings. The zero-order chi connectivity index (χ0) is 20.5. The summed E-state index contributed by atoms with van der Waals surface area (Å²) in [6, 6.07) is 16.5. The second kappa shape index (κ2) is 7.54. The predicted octanol–water partition coefficient (Wildman–Crippen LogP) is 3.64. The Morgan fingerprint density at radius 2 is 1.86 bits per heavy atom. The van der Waals surface area contributed by atoms with Crippen molar-refractivity contribution >= 4 is 34.1 Å². The van der Waals surface area contributed by atoms with Crippen molar-refractivity contribution < 1.29 is 9.59 Å². The summed E-state index contributed by atoms with van der Waals surface area (Å²) in [5, 5.41) is 3.86. The third-order valence-electron chi connectivity index (χ3n) is 5.33. The molecule has 6 heteroatoms. The fourth-order valence-electron chi connectivity index (χ4n) is 3.83. The van der Waals surface area contributed by atoms with Gasteiger partial charge in [0.05, 0.1) is 11.4 Å². The van der Waals surface area contributed by atoms with Crippen LogP contribution in [0.2, 0.25) is 0 Å². The molecule has 2 amide bonds. The molecule has 1 aliphatic heterocycles. The van der Waals surface area contributed by atoms with Crippen LogP contribution in [0.4, 0.5) is 11.4 Å². The molecule has 1 aliphatic rings. The van der Waals surface area contributed by atoms with Crippen LogP contribution in [0.1, 0.15) is 31.7 Å². The Labute approximate surface area is 168 Å². The Morgan fingerprint density at radius 1 is 1.10 bits per heavy atom. The average Bonchev–Trinajstić information content (AvgIpc) is 3.09. The van der Waals surface area contributed by atoms with Crippen molar-refractivity contribution in [3.8, 4) is 0 Å². The lowest BCUT2D eigenvalue weighted by molar-refractivity contribution is -0.122. The van der Waals surface area contributed by atoms with Gasteiger partial charge in [0, 0.05) is 35.8 Å². The predicted molar refractivity (Wildman–Crippen MR) is 114 cm³/mol. The second-order valence-electron chi connectivity index (χ2n) is 7.73. The molecule has 1 unspecified atom stereocenters. The van der Waals surface area contributed by atoms with Gasteiger partial charge in [-0.3, -0.25) is 14.4 Å². The first-order chi connectivity index (χ1) is 13.9. The number of fused-ring (bicyclic) bond motifs is 1. The Kier molecular flexibility index (Phi) is 4.92. The Hall–Kier alpha value is -3.41. The third kappa shape index (κ3) is 3.78. The van der Waals surface area contributed by atoms with E-state index in [1.165, 1.54) is 0 Å². The van der Waals surface area contributed by atoms with Crippen molar-refractivity contribution in [3.05, 3.63) is 70.5 Å². The Morgan fingerprint density at radius 3 is 2.59 bits per heavy atom. The molecular weight excluding hydrogens is 366 g/mol. The lowest BCUT2D eigenvalue weighted by Crippen LogP contribution is -2.28. The maximum atomic E-state index is 12.8. The number of rotatable bonds is 4. The van der Waals surface area contributed by atoms with Gasteiger partial charge in [-0.15, -0.1) is 0 Å². The molecule has 6 nitrogen and oxygen atoms in total. The summed E-state index contributed by atoms with van der Waals surface area (Å²) in [7, 11) is 0. The highest BCUT2D eigenvalue weighted by Gasteiger charge is 2.35. The Bertz CT molecular complexity index is 1140. The number of para-hydroxylation sites is 1. The highest BCUT2D eigenvalue weighted by Crippen LogP contribution is 2.28. The smallest absolute Gasteiger partial charge is 0.248 e. The zero-order valence-electron chi connectivity index (χ0n) is 16.4. The van der Waals surface area contributed by atoms with E-state index in [-0.39, 0.29) is 29.7 Å². The van der Waals surface area contributed by atoms with Crippen LogP contribution in [0.25, 0.3) is 10.9 Å². The van der Waals surface area contributed by atoms with Crippen LogP contribution in [0, 0.1) is 5.92 Å². The summed E-state index contributed by atoms with van der Waals surface area (Å²) in [5.74, 6) is -0.451. The molecule has 0 saturated carbocycles. The lowest BCUT2D eigenvalue weighted by atomic mass is 9.98. The summed E-state index contributed by atoms with van der Waals surface area (Å²) in [6.07, 6.45) is 0.183. The minimum atomic E-state index is -0.417. The summed E-state index contributed by atoms with van der Waals surface area (Å²) >= 11 is 0. The average molecular weight is 389 g/mol. The summed E-state index contributed by atoms with van der Waals surface area (Å²) in [5.41, 5.74) is 2.90. The highest BCUT2D eigenvalue weighted by atomic mass is 16.2. The quantitative estimate of drug-likeness (QED) is 0.715. The molecule has 0 bridgehead atoms. The number of nitrogens with one attached hydrogen (secondary N) is 2. The number of anilines is 2. The fraction of sp³-hybridized carbons (Fsp3) is 0.261. The molecule has 29 heavy (non-hydrogen) atoms. The molecule has 1 aromatic heterocycles. The molecule has 4 rings (SSSR count). The van der Waals surface area contributed by atoms with Gasteiger partial charge < -0.3 is 15.2 Å². The summed E-state index contributed by atoms with van der Waals surface area (Å²) in [6.45, 7) is 4.44. The van der Waals surface area contributed by atoms with E-state index >= 15 is 0 Å². The van der Waals surface area contributed by atoms with Crippen molar-refractivity contribution in [2.45, 2.75) is 26.2 Å². The standard InChI is InChI=1S/C23H23N3O3/c1-14(2)19-12-21(27)25-20-11-16(8-9-18(19)20)24-23(29)15-10-22(28)26(13-15)17-6-4-3-5-7-17/h3-9,11-12,14-15H,10,13H2,1-2H3,(H,24,29)(H,25,27). The fourth-order valence-corrected chi connectivity index (χ4v) is 3.83. The summed E-state index contributed by atoms with van der Waals surface area (Å²) < 4.78 is 0. The van der Waals surface area contributed by atoms with Crippen LogP contribution in [0.3, 0.4) is 0 Å². The van der Waals surface area contributed by atoms with Gasteiger partial charge in [-0.25, -0.2) is 0 Å². The van der Waals surface area contributed by atoms with Crippen LogP contribution in [0.15, 0.2) is 59.4 Å². The molecule has 3 aromatic rings. The van der Waals surface area contributed by atoms with Crippen LogP contribution < -0.4 is 15.8 Å². The van der Waals surface area contributed by atoms with Crippen LogP contribution in [-0.2, 0) is 9.59 Å². The number of hydrogen-bond acceptors (Lipinski definition) is 3. The van der Waals surface area contributed by atoms with Gasteiger partial charge in [-0.05, 0) is 35.7 Å². The number of benzene rings is 2. The molecule has 0 radical (unpaired) electrons. The number of amides is 2. The molecular formula is C23H23N3O3. The second-order valence-corrected chi connectivity index (χ2v) is 7.73. The molecule has 0 spiro atoms. The van der Waals surface area contributed by atoms with Crippen molar-refractivity contribution in [2.75, 3.05) is 16.8 Å². The Balaban J connectivity index is 1.54. The normalized spacial score (nSPS) is 16.6. The van der Waals surface area contributed by atoms with Crippen molar-refractivity contribution in [1.82, 2.24) is 4.98 Å². The number of aromatic nitrogens is 1. The van der Waals surface area contributed by atoms with E-state index in [2.05, 4.69) is 10.3 Å². The first kappa shape index (κ1) is 18.9. The number of nitrogens with zero attached hydrogens (tertiary/aromatic N) is 1. The van der Waals surface area contributed by atoms with Crippen molar-refractivity contribution in [2.24, 2.45) is 5.92 Å². The topological polar surface area (TPSA) is 82.3 Å². The van der Waals surface area contributed by atoms with E-state index in [0.717, 1.165) is 16.6 Å². The van der Waals surface area contributed by atoms with Gasteiger partial charge in [0.2, 0.25) is 17.4 Å².